The predicted octanol–water partition coefficient (Wildman–Crippen LogP) is 3.69. The maximum Gasteiger partial charge on any atom is 0.308 e. The lowest BCUT2D eigenvalue weighted by Gasteiger charge is -2.61. The zero-order valence-electron chi connectivity index (χ0n) is 15.4. The van der Waals surface area contributed by atoms with Crippen LogP contribution in [0.3, 0.4) is 0 Å². The van der Waals surface area contributed by atoms with Crippen LogP contribution >= 0.6 is 0 Å². The van der Waals surface area contributed by atoms with E-state index in [9.17, 15) is 14.7 Å². The first-order valence-electron chi connectivity index (χ1n) is 9.56. The van der Waals surface area contributed by atoms with Crippen LogP contribution in [0.1, 0.15) is 65.7 Å². The van der Waals surface area contributed by atoms with Crippen molar-refractivity contribution in [2.75, 3.05) is 0 Å². The fourth-order valence-electron chi connectivity index (χ4n) is 6.34. The highest BCUT2D eigenvalue weighted by atomic mass is 16.5. The average Bonchev–Trinajstić information content (AvgIpc) is 2.84. The molecule has 25 heavy (non-hydrogen) atoms. The fraction of sp³-hybridized carbons (Fsp3) is 0.714. The minimum atomic E-state index is -0.774. The van der Waals surface area contributed by atoms with Gasteiger partial charge < -0.3 is 9.84 Å². The van der Waals surface area contributed by atoms with Crippen LogP contribution < -0.4 is 0 Å². The minimum absolute atomic E-state index is 0.184. The third-order valence-corrected chi connectivity index (χ3v) is 7.94. The summed E-state index contributed by atoms with van der Waals surface area (Å²) in [5.41, 5.74) is -0.142. The second kappa shape index (κ2) is 5.29. The Morgan fingerprint density at radius 3 is 2.64 bits per heavy atom. The molecule has 0 aliphatic heterocycles. The van der Waals surface area contributed by atoms with Crippen LogP contribution in [0.5, 0.6) is 0 Å². The molecule has 136 valence electrons. The number of carbonyl (C=O) groups is 2. The maximum absolute atomic E-state index is 12.5. The number of carbonyl (C=O) groups excluding carboxylic acids is 2. The summed E-state index contributed by atoms with van der Waals surface area (Å²) in [5.74, 6) is 1.18. The predicted molar refractivity (Wildman–Crippen MR) is 93.4 cm³/mol. The molecule has 4 heteroatoms. The van der Waals surface area contributed by atoms with Gasteiger partial charge in [0.25, 0.3) is 0 Å². The highest BCUT2D eigenvalue weighted by Gasteiger charge is 2.65. The molecule has 2 unspecified atom stereocenters. The normalized spacial score (nSPS) is 45.7. The van der Waals surface area contributed by atoms with E-state index in [-0.39, 0.29) is 22.7 Å². The van der Waals surface area contributed by atoms with Crippen molar-refractivity contribution in [3.63, 3.8) is 0 Å². The van der Waals surface area contributed by atoms with Crippen LogP contribution in [0.4, 0.5) is 0 Å². The molecule has 0 amide bonds. The Labute approximate surface area is 149 Å². The molecule has 0 radical (unpaired) electrons. The van der Waals surface area contributed by atoms with E-state index in [1.165, 1.54) is 12.5 Å². The molecule has 4 nitrogen and oxygen atoms in total. The number of allylic oxidation sites excluding steroid dienone is 2. The van der Waals surface area contributed by atoms with Gasteiger partial charge in [-0.2, -0.15) is 0 Å². The third-order valence-electron chi connectivity index (χ3n) is 7.94. The van der Waals surface area contributed by atoms with Gasteiger partial charge in [0.2, 0.25) is 0 Å². The average molecular weight is 344 g/mol. The SMILES string of the molecule is CC(=O)OC1=CC[C@@]2(C)C(=C1)CCC1C3CCC(=O)[C@@]3(C)CC[C@@]12O. The number of ketones is 1. The third kappa shape index (κ3) is 2.16. The van der Waals surface area contributed by atoms with Gasteiger partial charge in [0.1, 0.15) is 11.5 Å². The lowest BCUT2D eigenvalue weighted by molar-refractivity contribution is -0.184. The lowest BCUT2D eigenvalue weighted by Crippen LogP contribution is -2.62. The molecule has 0 saturated heterocycles. The number of hydrogen-bond donors (Lipinski definition) is 1. The van der Waals surface area contributed by atoms with Crippen molar-refractivity contribution in [2.24, 2.45) is 22.7 Å². The molecule has 5 atom stereocenters. The number of ether oxygens (including phenoxy) is 1. The second-order valence-corrected chi connectivity index (χ2v) is 8.96. The van der Waals surface area contributed by atoms with E-state index in [1.807, 2.05) is 12.2 Å². The zero-order valence-corrected chi connectivity index (χ0v) is 15.4. The summed E-state index contributed by atoms with van der Waals surface area (Å²) in [6.45, 7) is 5.70. The van der Waals surface area contributed by atoms with E-state index >= 15 is 0 Å². The summed E-state index contributed by atoms with van der Waals surface area (Å²) in [6, 6.07) is 0. The van der Waals surface area contributed by atoms with Crippen molar-refractivity contribution in [1.82, 2.24) is 0 Å². The van der Waals surface area contributed by atoms with E-state index in [2.05, 4.69) is 13.8 Å². The maximum atomic E-state index is 12.5. The molecule has 3 saturated carbocycles. The quantitative estimate of drug-likeness (QED) is 0.737. The van der Waals surface area contributed by atoms with E-state index in [0.29, 0.717) is 36.7 Å². The Bertz CT molecular complexity index is 705. The summed E-state index contributed by atoms with van der Waals surface area (Å²) in [7, 11) is 0. The first kappa shape index (κ1) is 17.0. The highest BCUT2D eigenvalue weighted by molar-refractivity contribution is 5.87. The number of Topliss-reactive ketones (excluding diaryl/α,β-unsaturated/α-hetero) is 1. The van der Waals surface area contributed by atoms with Crippen molar-refractivity contribution in [3.8, 4) is 0 Å². The molecule has 4 rings (SSSR count). The minimum Gasteiger partial charge on any atom is -0.427 e. The van der Waals surface area contributed by atoms with Gasteiger partial charge in [-0.25, -0.2) is 0 Å². The number of aliphatic hydroxyl groups is 1. The highest BCUT2D eigenvalue weighted by Crippen LogP contribution is 2.66. The smallest absolute Gasteiger partial charge is 0.308 e. The molecule has 1 N–H and O–H groups in total. The van der Waals surface area contributed by atoms with E-state index in [4.69, 9.17) is 4.74 Å². The number of esters is 1. The fourth-order valence-corrected chi connectivity index (χ4v) is 6.34. The van der Waals surface area contributed by atoms with Gasteiger partial charge in [-0.3, -0.25) is 9.59 Å². The molecule has 0 bridgehead atoms. The summed E-state index contributed by atoms with van der Waals surface area (Å²) in [5, 5.41) is 11.9. The van der Waals surface area contributed by atoms with Crippen molar-refractivity contribution < 1.29 is 19.4 Å². The Kier molecular flexibility index (Phi) is 3.60. The van der Waals surface area contributed by atoms with Gasteiger partial charge >= 0.3 is 5.97 Å². The molecular weight excluding hydrogens is 316 g/mol. The molecule has 0 aromatic rings. The second-order valence-electron chi connectivity index (χ2n) is 8.96. The molecule has 0 spiro atoms. The van der Waals surface area contributed by atoms with E-state index in [0.717, 1.165) is 25.7 Å². The summed E-state index contributed by atoms with van der Waals surface area (Å²) >= 11 is 0. The van der Waals surface area contributed by atoms with Crippen LogP contribution in [0.2, 0.25) is 0 Å². The van der Waals surface area contributed by atoms with Crippen LogP contribution in [-0.2, 0) is 14.3 Å². The zero-order chi connectivity index (χ0) is 18.0. The van der Waals surface area contributed by atoms with Crippen molar-refractivity contribution >= 4 is 11.8 Å². The Morgan fingerprint density at radius 2 is 1.92 bits per heavy atom. The number of hydrogen-bond acceptors (Lipinski definition) is 4. The lowest BCUT2D eigenvalue weighted by atomic mass is 9.45. The van der Waals surface area contributed by atoms with Crippen LogP contribution in [0, 0.1) is 22.7 Å². The summed E-state index contributed by atoms with van der Waals surface area (Å²) in [6.07, 6.45) is 9.47. The number of rotatable bonds is 1. The Balaban J connectivity index is 1.68. The van der Waals surface area contributed by atoms with Gasteiger partial charge in [0.05, 0.1) is 5.60 Å². The standard InChI is InChI=1S/C21H28O4/c1-13(22)25-15-8-9-20(3)14(12-15)4-5-17-16-6-7-18(23)19(16,2)10-11-21(17,20)24/h8,12,16-17,24H,4-7,9-11H2,1-3H3/t16?,17?,19-,20-,21+/m0/s1. The Morgan fingerprint density at radius 1 is 1.20 bits per heavy atom. The molecule has 4 aliphatic rings. The van der Waals surface area contributed by atoms with Crippen LogP contribution in [0.25, 0.3) is 0 Å². The van der Waals surface area contributed by atoms with Crippen LogP contribution in [-0.4, -0.2) is 22.5 Å². The summed E-state index contributed by atoms with van der Waals surface area (Å²) < 4.78 is 5.27. The monoisotopic (exact) mass is 344 g/mol. The molecule has 0 aromatic carbocycles. The topological polar surface area (TPSA) is 63.6 Å². The molecule has 4 aliphatic carbocycles. The molecular formula is C21H28O4. The van der Waals surface area contributed by atoms with Gasteiger partial charge in [-0.15, -0.1) is 0 Å². The Hall–Kier alpha value is -1.42. The van der Waals surface area contributed by atoms with Gasteiger partial charge in [-0.05, 0) is 62.5 Å². The largest absolute Gasteiger partial charge is 0.427 e. The van der Waals surface area contributed by atoms with Gasteiger partial charge in [-0.1, -0.05) is 19.4 Å². The first-order chi connectivity index (χ1) is 11.7. The van der Waals surface area contributed by atoms with E-state index < -0.39 is 5.60 Å². The van der Waals surface area contributed by atoms with Crippen molar-refractivity contribution in [2.45, 2.75) is 71.3 Å². The first-order valence-corrected chi connectivity index (χ1v) is 9.56. The summed E-state index contributed by atoms with van der Waals surface area (Å²) in [4.78, 5) is 23.7. The molecule has 3 fully saturated rings. The van der Waals surface area contributed by atoms with E-state index in [1.54, 1.807) is 0 Å². The van der Waals surface area contributed by atoms with Crippen molar-refractivity contribution in [3.05, 3.63) is 23.5 Å². The number of fused-ring (bicyclic) bond motifs is 5. The van der Waals surface area contributed by atoms with Gasteiger partial charge in [0, 0.05) is 24.2 Å². The van der Waals surface area contributed by atoms with Crippen molar-refractivity contribution in [1.29, 1.82) is 0 Å². The molecule has 0 heterocycles. The van der Waals surface area contributed by atoms with Crippen LogP contribution in [0.15, 0.2) is 23.5 Å². The van der Waals surface area contributed by atoms with Gasteiger partial charge in [0.15, 0.2) is 0 Å². The molecule has 0 aromatic heterocycles.